The van der Waals surface area contributed by atoms with Gasteiger partial charge in [-0.2, -0.15) is 0 Å². The van der Waals surface area contributed by atoms with Crippen molar-refractivity contribution in [1.82, 2.24) is 4.98 Å². The van der Waals surface area contributed by atoms with Crippen molar-refractivity contribution in [3.63, 3.8) is 0 Å². The molecule has 3 nitrogen and oxygen atoms in total. The maximum atomic E-state index is 8.62. The van der Waals surface area contributed by atoms with Crippen molar-refractivity contribution in [3.05, 3.63) is 58.9 Å². The fraction of sp³-hybridized carbons (Fsp3) is 0.385. The molecule has 0 aliphatic carbocycles. The molecule has 0 fully saturated rings. The highest BCUT2D eigenvalue weighted by molar-refractivity contribution is 6.08. The number of benzene rings is 1. The lowest BCUT2D eigenvalue weighted by atomic mass is 9.94. The number of hydrogen-bond donors (Lipinski definition) is 0. The van der Waals surface area contributed by atoms with E-state index in [0.717, 1.165) is 12.5 Å². The molecule has 0 aliphatic heterocycles. The number of rotatable bonds is 4. The molecule has 3 aromatic heterocycles. The Morgan fingerprint density at radius 2 is 1.97 bits per heavy atom. The van der Waals surface area contributed by atoms with E-state index in [-0.39, 0.29) is 17.0 Å². The van der Waals surface area contributed by atoms with Crippen molar-refractivity contribution in [3.8, 4) is 11.3 Å². The summed E-state index contributed by atoms with van der Waals surface area (Å²) in [6.45, 7) is 0.864. The molecule has 0 saturated heterocycles. The maximum Gasteiger partial charge on any atom is 0.227 e. The molecule has 1 aromatic carbocycles. The monoisotopic (exact) mass is 397 g/mol. The summed E-state index contributed by atoms with van der Waals surface area (Å²) in [5, 5.41) is 1.26. The van der Waals surface area contributed by atoms with Crippen LogP contribution in [-0.2, 0) is 13.4 Å². The predicted octanol–water partition coefficient (Wildman–Crippen LogP) is 6.41. The first-order valence-corrected chi connectivity index (χ1v) is 9.47. The summed E-state index contributed by atoms with van der Waals surface area (Å²) >= 11 is 0. The Balaban J connectivity index is 2.01. The van der Waals surface area contributed by atoms with Gasteiger partial charge in [0, 0.05) is 41.8 Å². The van der Waals surface area contributed by atoms with Crippen LogP contribution in [0, 0.1) is 19.7 Å². The minimum atomic E-state index is -2.90. The Labute approximate surface area is 187 Å². The van der Waals surface area contributed by atoms with Crippen molar-refractivity contribution in [2.45, 2.75) is 53.7 Å². The van der Waals surface area contributed by atoms with Gasteiger partial charge in [-0.15, -0.1) is 0 Å². The first-order chi connectivity index (χ1) is 17.6. The molecule has 0 bridgehead atoms. The number of fused-ring (bicyclic) bond motifs is 3. The lowest BCUT2D eigenvalue weighted by Gasteiger charge is -2.12. The van der Waals surface area contributed by atoms with E-state index in [1.54, 1.807) is 37.6 Å². The summed E-state index contributed by atoms with van der Waals surface area (Å²) in [5.74, 6) is -3.66. The quantitative estimate of drug-likeness (QED) is 0.372. The van der Waals surface area contributed by atoms with Crippen LogP contribution < -0.4 is 4.57 Å². The van der Waals surface area contributed by atoms with Gasteiger partial charge < -0.3 is 4.42 Å². The minimum Gasteiger partial charge on any atom is -0.437 e. The molecule has 4 rings (SSSR count). The van der Waals surface area contributed by atoms with Crippen LogP contribution in [0.3, 0.4) is 0 Å². The molecule has 0 radical (unpaired) electrons. The Bertz CT molecular complexity index is 1590. The van der Waals surface area contributed by atoms with Crippen LogP contribution in [0.1, 0.15) is 69.6 Å². The van der Waals surface area contributed by atoms with Crippen LogP contribution in [-0.4, -0.2) is 4.98 Å². The molecule has 29 heavy (non-hydrogen) atoms. The Kier molecular flexibility index (Phi) is 2.74. The first-order valence-electron chi connectivity index (χ1n) is 14.5. The second kappa shape index (κ2) is 7.29. The van der Waals surface area contributed by atoms with Crippen LogP contribution in [0.25, 0.3) is 33.3 Å². The normalized spacial score (nSPS) is 20.9. The summed E-state index contributed by atoms with van der Waals surface area (Å²) in [5.41, 5.74) is 2.84. The zero-order chi connectivity index (χ0) is 29.5. The standard InChI is InChI=1S/C26H31N2O/c1-15(2)12-19-9-11-21-20-10-8-17(5)24(25(20)29-26(21)27-19)23-13-22(16(3)4)18(6)14-28(23)7/h8-11,13-16H,12H2,1-7H3/q+1/i1D3,6D3,12D2,15D,16D. The van der Waals surface area contributed by atoms with Gasteiger partial charge in [0.2, 0.25) is 11.4 Å². The molecule has 3 heterocycles. The molecule has 150 valence electrons. The average Bonchev–Trinajstić information content (AvgIpc) is 3.14. The molecule has 3 heteroatoms. The zero-order valence-electron chi connectivity index (χ0n) is 27.3. The van der Waals surface area contributed by atoms with E-state index >= 15 is 0 Å². The molecule has 0 N–H and O–H groups in total. The molecular formula is C26H31N2O+. The summed E-state index contributed by atoms with van der Waals surface area (Å²) in [6, 6.07) is 8.41. The Morgan fingerprint density at radius 3 is 2.69 bits per heavy atom. The zero-order valence-corrected chi connectivity index (χ0v) is 17.3. The van der Waals surface area contributed by atoms with E-state index in [2.05, 4.69) is 4.98 Å². The molecule has 1 unspecified atom stereocenters. The van der Waals surface area contributed by atoms with E-state index < -0.39 is 31.9 Å². The van der Waals surface area contributed by atoms with Gasteiger partial charge in [0.05, 0.1) is 5.56 Å². The Morgan fingerprint density at radius 1 is 1.17 bits per heavy atom. The van der Waals surface area contributed by atoms with Crippen LogP contribution in [0.4, 0.5) is 0 Å². The van der Waals surface area contributed by atoms with Crippen LogP contribution in [0.15, 0.2) is 40.9 Å². The molecule has 4 aromatic rings. The highest BCUT2D eigenvalue weighted by atomic mass is 16.3. The van der Waals surface area contributed by atoms with E-state index in [9.17, 15) is 0 Å². The van der Waals surface area contributed by atoms with Crippen LogP contribution in [0.2, 0.25) is 0 Å². The lowest BCUT2D eigenvalue weighted by Crippen LogP contribution is -2.32. The van der Waals surface area contributed by atoms with Gasteiger partial charge in [0.25, 0.3) is 0 Å². The topological polar surface area (TPSA) is 29.9 Å². The fourth-order valence-corrected chi connectivity index (χ4v) is 3.71. The number of pyridine rings is 2. The largest absolute Gasteiger partial charge is 0.437 e. The summed E-state index contributed by atoms with van der Waals surface area (Å²) < 4.78 is 88.7. The highest BCUT2D eigenvalue weighted by Crippen LogP contribution is 2.37. The van der Waals surface area contributed by atoms with Gasteiger partial charge in [-0.3, -0.25) is 0 Å². The predicted molar refractivity (Wildman–Crippen MR) is 120 cm³/mol. The SMILES string of the molecule is [2H]C([2H])([2H])c1c[n+](C)c(-c2c(C)ccc3c2oc2nc(C([2H])([2H])C([2H])(C)C([2H])([2H])[2H])ccc23)cc1C([2H])(C)C. The van der Waals surface area contributed by atoms with Crippen LogP contribution in [0.5, 0.6) is 0 Å². The van der Waals surface area contributed by atoms with Gasteiger partial charge in [-0.25, -0.2) is 9.55 Å². The van der Waals surface area contributed by atoms with Gasteiger partial charge in [0.1, 0.15) is 7.05 Å². The van der Waals surface area contributed by atoms with E-state index in [1.807, 2.05) is 19.1 Å². The van der Waals surface area contributed by atoms with E-state index in [0.29, 0.717) is 33.2 Å². The summed E-state index contributed by atoms with van der Waals surface area (Å²) in [6.07, 6.45) is -1.10. The molecule has 0 spiro atoms. The first kappa shape index (κ1) is 10.9. The number of furan rings is 1. The lowest BCUT2D eigenvalue weighted by molar-refractivity contribution is -0.660. The van der Waals surface area contributed by atoms with Gasteiger partial charge in [-0.1, -0.05) is 39.8 Å². The van der Waals surface area contributed by atoms with Crippen molar-refractivity contribution in [2.75, 3.05) is 0 Å². The second-order valence-electron chi connectivity index (χ2n) is 7.63. The van der Waals surface area contributed by atoms with Crippen molar-refractivity contribution in [1.29, 1.82) is 0 Å². The van der Waals surface area contributed by atoms with E-state index in [4.69, 9.17) is 18.1 Å². The fourth-order valence-electron chi connectivity index (χ4n) is 3.71. The number of aromatic nitrogens is 2. The minimum absolute atomic E-state index is 0.0855. The van der Waals surface area contributed by atoms with Gasteiger partial charge >= 0.3 is 0 Å². The third-order valence-electron chi connectivity index (χ3n) is 5.10. The second-order valence-corrected chi connectivity index (χ2v) is 7.63. The number of aryl methyl sites for hydroxylation is 3. The van der Waals surface area contributed by atoms with Crippen molar-refractivity contribution in [2.24, 2.45) is 12.9 Å². The highest BCUT2D eigenvalue weighted by Gasteiger charge is 2.23. The number of nitrogens with zero attached hydrogens (tertiary/aromatic N) is 2. The molecule has 1 atom stereocenters. The smallest absolute Gasteiger partial charge is 0.227 e. The average molecular weight is 398 g/mol. The Hall–Kier alpha value is -2.68. The molecule has 0 saturated carbocycles. The maximum absolute atomic E-state index is 8.62. The molecular weight excluding hydrogens is 356 g/mol. The van der Waals surface area contributed by atoms with Crippen molar-refractivity contribution < 1.29 is 22.7 Å². The molecule has 0 amide bonds. The summed E-state index contributed by atoms with van der Waals surface area (Å²) in [4.78, 5) is 4.33. The third-order valence-corrected chi connectivity index (χ3v) is 5.10. The molecule has 0 aliphatic rings. The van der Waals surface area contributed by atoms with E-state index in [1.165, 1.54) is 12.3 Å². The van der Waals surface area contributed by atoms with Gasteiger partial charge in [-0.05, 0) is 55.2 Å². The van der Waals surface area contributed by atoms with Crippen molar-refractivity contribution >= 4 is 22.1 Å². The van der Waals surface area contributed by atoms with Gasteiger partial charge in [0.15, 0.2) is 11.8 Å². The number of hydrogen-bond acceptors (Lipinski definition) is 2. The summed E-state index contributed by atoms with van der Waals surface area (Å²) in [7, 11) is 1.72. The van der Waals surface area contributed by atoms with Crippen LogP contribution >= 0.6 is 0 Å². The third kappa shape index (κ3) is 3.43.